The summed E-state index contributed by atoms with van der Waals surface area (Å²) in [7, 11) is -0.840. The molecule has 1 heterocycles. The van der Waals surface area contributed by atoms with Crippen molar-refractivity contribution in [1.29, 1.82) is 0 Å². The summed E-state index contributed by atoms with van der Waals surface area (Å²) in [5.41, 5.74) is 1.04. The number of nitrogens with zero attached hydrogens (tertiary/aromatic N) is 1. The summed E-state index contributed by atoms with van der Waals surface area (Å²) in [5, 5.41) is 3.07. The van der Waals surface area contributed by atoms with E-state index in [1.54, 1.807) is 23.9 Å². The second-order valence-electron chi connectivity index (χ2n) is 7.70. The lowest BCUT2D eigenvalue weighted by Gasteiger charge is -2.31. The molecule has 1 atom stereocenters. The molecule has 0 saturated carbocycles. The highest BCUT2D eigenvalue weighted by Gasteiger charge is 2.34. The van der Waals surface area contributed by atoms with Crippen molar-refractivity contribution in [3.8, 4) is 11.5 Å². The Balaban J connectivity index is 1.63. The quantitative estimate of drug-likeness (QED) is 0.583. The van der Waals surface area contributed by atoms with Gasteiger partial charge in [-0.05, 0) is 55.9 Å². The zero-order chi connectivity index (χ0) is 23.3. The maximum Gasteiger partial charge on any atom is 0.246 e. The van der Waals surface area contributed by atoms with E-state index < -0.39 is 10.0 Å². The number of hydrogen-bond acceptors (Lipinski definition) is 6. The molecule has 2 aromatic carbocycles. The number of benzene rings is 2. The SMILES string of the molecule is COc1ccc(OC)c(S(=O)(=O)N2CCC(C(=O)N[C@@H](C)c3ccc(SC)cc3)CC2)c1. The summed E-state index contributed by atoms with van der Waals surface area (Å²) >= 11 is 1.67. The van der Waals surface area contributed by atoms with E-state index in [1.807, 2.05) is 37.4 Å². The van der Waals surface area contributed by atoms with Crippen molar-refractivity contribution in [2.24, 2.45) is 5.92 Å². The van der Waals surface area contributed by atoms with Crippen LogP contribution in [0.4, 0.5) is 0 Å². The number of rotatable bonds is 8. The van der Waals surface area contributed by atoms with E-state index in [9.17, 15) is 13.2 Å². The van der Waals surface area contributed by atoms with Gasteiger partial charge in [-0.15, -0.1) is 11.8 Å². The van der Waals surface area contributed by atoms with Gasteiger partial charge in [-0.1, -0.05) is 12.1 Å². The van der Waals surface area contributed by atoms with Gasteiger partial charge in [0, 0.05) is 30.0 Å². The van der Waals surface area contributed by atoms with Crippen molar-refractivity contribution in [2.75, 3.05) is 33.6 Å². The topological polar surface area (TPSA) is 84.9 Å². The Morgan fingerprint density at radius 2 is 1.75 bits per heavy atom. The first-order valence-corrected chi connectivity index (χ1v) is 13.1. The third kappa shape index (κ3) is 5.39. The fraction of sp³-hybridized carbons (Fsp3) is 0.435. The number of thioether (sulfide) groups is 1. The molecule has 1 fully saturated rings. The van der Waals surface area contributed by atoms with Gasteiger partial charge < -0.3 is 14.8 Å². The van der Waals surface area contributed by atoms with Gasteiger partial charge in [0.1, 0.15) is 16.4 Å². The summed E-state index contributed by atoms with van der Waals surface area (Å²) in [6, 6.07) is 12.7. The molecule has 32 heavy (non-hydrogen) atoms. The molecule has 9 heteroatoms. The largest absolute Gasteiger partial charge is 0.497 e. The summed E-state index contributed by atoms with van der Waals surface area (Å²) in [6.07, 6.45) is 2.96. The fourth-order valence-corrected chi connectivity index (χ4v) is 5.84. The van der Waals surface area contributed by atoms with Gasteiger partial charge in [-0.25, -0.2) is 8.42 Å². The number of sulfonamides is 1. The predicted molar refractivity (Wildman–Crippen MR) is 126 cm³/mol. The van der Waals surface area contributed by atoms with E-state index in [-0.39, 0.29) is 41.6 Å². The number of carbonyl (C=O) groups excluding carboxylic acids is 1. The summed E-state index contributed by atoms with van der Waals surface area (Å²) in [5.74, 6) is 0.453. The van der Waals surface area contributed by atoms with Crippen LogP contribution in [0.3, 0.4) is 0 Å². The van der Waals surface area contributed by atoms with Crippen LogP contribution < -0.4 is 14.8 Å². The molecule has 0 aliphatic carbocycles. The molecular formula is C23H30N2O5S2. The van der Waals surface area contributed by atoms with Crippen LogP contribution in [0.2, 0.25) is 0 Å². The van der Waals surface area contributed by atoms with Crippen molar-refractivity contribution in [1.82, 2.24) is 9.62 Å². The Kier molecular flexibility index (Phi) is 8.08. The van der Waals surface area contributed by atoms with E-state index in [1.165, 1.54) is 29.5 Å². The van der Waals surface area contributed by atoms with E-state index in [2.05, 4.69) is 5.32 Å². The zero-order valence-corrected chi connectivity index (χ0v) is 20.5. The number of nitrogens with one attached hydrogen (secondary N) is 1. The molecule has 1 amide bonds. The Morgan fingerprint density at radius 3 is 2.31 bits per heavy atom. The molecule has 2 aromatic rings. The van der Waals surface area contributed by atoms with Crippen LogP contribution in [0.5, 0.6) is 11.5 Å². The Morgan fingerprint density at radius 1 is 1.09 bits per heavy atom. The second kappa shape index (κ2) is 10.6. The Bertz CT molecular complexity index is 1030. The van der Waals surface area contributed by atoms with Gasteiger partial charge in [-0.2, -0.15) is 4.31 Å². The van der Waals surface area contributed by atoms with E-state index in [4.69, 9.17) is 9.47 Å². The van der Waals surface area contributed by atoms with Crippen LogP contribution in [0.15, 0.2) is 52.3 Å². The highest BCUT2D eigenvalue weighted by molar-refractivity contribution is 7.98. The number of piperidine rings is 1. The molecule has 0 bridgehead atoms. The predicted octanol–water partition coefficient (Wildman–Crippen LogP) is 3.70. The van der Waals surface area contributed by atoms with Crippen LogP contribution in [0.25, 0.3) is 0 Å². The molecular weight excluding hydrogens is 448 g/mol. The van der Waals surface area contributed by atoms with E-state index in [0.717, 1.165) is 5.56 Å². The number of amides is 1. The summed E-state index contributed by atoms with van der Waals surface area (Å²) in [6.45, 7) is 2.51. The monoisotopic (exact) mass is 478 g/mol. The van der Waals surface area contributed by atoms with Crippen LogP contribution in [-0.4, -0.2) is 52.2 Å². The second-order valence-corrected chi connectivity index (χ2v) is 10.5. The number of hydrogen-bond donors (Lipinski definition) is 1. The summed E-state index contributed by atoms with van der Waals surface area (Å²) in [4.78, 5) is 14.0. The number of carbonyl (C=O) groups is 1. The van der Waals surface area contributed by atoms with Gasteiger partial charge in [0.25, 0.3) is 0 Å². The average Bonchev–Trinajstić information content (AvgIpc) is 2.83. The maximum atomic E-state index is 13.2. The van der Waals surface area contributed by atoms with E-state index >= 15 is 0 Å². The van der Waals surface area contributed by atoms with Crippen LogP contribution in [0, 0.1) is 5.92 Å². The minimum Gasteiger partial charge on any atom is -0.497 e. The van der Waals surface area contributed by atoms with Gasteiger partial charge >= 0.3 is 0 Å². The minimum atomic E-state index is -3.76. The molecule has 1 saturated heterocycles. The van der Waals surface area contributed by atoms with Crippen molar-refractivity contribution in [3.05, 3.63) is 48.0 Å². The molecule has 1 N–H and O–H groups in total. The Hall–Kier alpha value is -2.23. The molecule has 0 aromatic heterocycles. The summed E-state index contributed by atoms with van der Waals surface area (Å²) < 4.78 is 38.3. The van der Waals surface area contributed by atoms with Gasteiger partial charge in [0.2, 0.25) is 15.9 Å². The van der Waals surface area contributed by atoms with Gasteiger partial charge in [0.05, 0.1) is 20.3 Å². The molecule has 3 rings (SSSR count). The average molecular weight is 479 g/mol. The smallest absolute Gasteiger partial charge is 0.246 e. The first-order valence-electron chi connectivity index (χ1n) is 10.5. The minimum absolute atomic E-state index is 0.0394. The van der Waals surface area contributed by atoms with Crippen molar-refractivity contribution in [3.63, 3.8) is 0 Å². The standard InChI is InChI=1S/C23H30N2O5S2/c1-16(17-5-8-20(31-4)9-6-17)24-23(26)18-11-13-25(14-12-18)32(27,28)22-15-19(29-2)7-10-21(22)30-3/h5-10,15-16,18H,11-14H2,1-4H3,(H,24,26)/t16-/m0/s1. The molecule has 0 spiro atoms. The Labute approximate surface area is 194 Å². The molecule has 1 aliphatic rings. The molecule has 0 unspecified atom stereocenters. The lowest BCUT2D eigenvalue weighted by Crippen LogP contribution is -2.43. The third-order valence-electron chi connectivity index (χ3n) is 5.79. The van der Waals surface area contributed by atoms with Crippen molar-refractivity contribution < 1.29 is 22.7 Å². The van der Waals surface area contributed by atoms with Gasteiger partial charge in [-0.3, -0.25) is 4.79 Å². The van der Waals surface area contributed by atoms with E-state index in [0.29, 0.717) is 18.6 Å². The van der Waals surface area contributed by atoms with Gasteiger partial charge in [0.15, 0.2) is 0 Å². The van der Waals surface area contributed by atoms with Crippen LogP contribution in [0.1, 0.15) is 31.4 Å². The third-order valence-corrected chi connectivity index (χ3v) is 8.45. The number of methoxy groups -OCH3 is 2. The number of ether oxygens (including phenoxy) is 2. The van der Waals surface area contributed by atoms with Crippen molar-refractivity contribution >= 4 is 27.7 Å². The molecule has 1 aliphatic heterocycles. The lowest BCUT2D eigenvalue weighted by atomic mass is 9.96. The maximum absolute atomic E-state index is 13.2. The van der Waals surface area contributed by atoms with Crippen molar-refractivity contribution in [2.45, 2.75) is 35.6 Å². The normalized spacial score (nSPS) is 16.4. The first kappa shape index (κ1) is 24.4. The fourth-order valence-electron chi connectivity index (χ4n) is 3.79. The molecule has 174 valence electrons. The van der Waals surface area contributed by atoms with Crippen LogP contribution >= 0.6 is 11.8 Å². The highest BCUT2D eigenvalue weighted by atomic mass is 32.2. The van der Waals surface area contributed by atoms with Crippen LogP contribution in [-0.2, 0) is 14.8 Å². The first-order chi connectivity index (χ1) is 15.3. The lowest BCUT2D eigenvalue weighted by molar-refractivity contribution is -0.126. The zero-order valence-electron chi connectivity index (χ0n) is 18.8. The molecule has 0 radical (unpaired) electrons. The molecule has 7 nitrogen and oxygen atoms in total. The highest BCUT2D eigenvalue weighted by Crippen LogP contribution is 2.32.